The van der Waals surface area contributed by atoms with Gasteiger partial charge in [0.25, 0.3) is 0 Å². The van der Waals surface area contributed by atoms with Crippen LogP contribution in [0.1, 0.15) is 19.8 Å². The number of nitrogens with zero attached hydrogens (tertiary/aromatic N) is 3. The highest BCUT2D eigenvalue weighted by Crippen LogP contribution is 2.20. The van der Waals surface area contributed by atoms with E-state index in [0.717, 1.165) is 37.4 Å². The molecule has 0 atom stereocenters. The molecular weight excluding hydrogens is 360 g/mol. The molecule has 154 valence electrons. The molecule has 2 saturated heterocycles. The van der Waals surface area contributed by atoms with Gasteiger partial charge in [-0.25, -0.2) is 9.59 Å². The van der Waals surface area contributed by atoms with Crippen LogP contribution in [0.15, 0.2) is 24.3 Å². The average molecular weight is 390 g/mol. The number of nitrogens with one attached hydrogen (secondary N) is 1. The van der Waals surface area contributed by atoms with Crippen LogP contribution in [0.3, 0.4) is 0 Å². The fourth-order valence-electron chi connectivity index (χ4n) is 3.65. The zero-order chi connectivity index (χ0) is 19.9. The number of hydrogen-bond donors (Lipinski definition) is 1. The molecule has 2 fully saturated rings. The number of amides is 3. The molecule has 28 heavy (non-hydrogen) atoms. The van der Waals surface area contributed by atoms with Crippen LogP contribution in [-0.4, -0.2) is 81.0 Å². The summed E-state index contributed by atoms with van der Waals surface area (Å²) in [5, 5.41) is 3.12. The number of anilines is 1. The van der Waals surface area contributed by atoms with Crippen LogP contribution in [0.5, 0.6) is 5.75 Å². The molecule has 2 aliphatic rings. The number of piperazine rings is 1. The van der Waals surface area contributed by atoms with Crippen molar-refractivity contribution < 1.29 is 19.1 Å². The second-order valence-electron chi connectivity index (χ2n) is 7.08. The first-order valence-corrected chi connectivity index (χ1v) is 9.97. The van der Waals surface area contributed by atoms with Crippen LogP contribution in [0, 0.1) is 0 Å². The van der Waals surface area contributed by atoms with Gasteiger partial charge in [-0.15, -0.1) is 0 Å². The Balaban J connectivity index is 1.41. The molecule has 0 radical (unpaired) electrons. The van der Waals surface area contributed by atoms with E-state index in [4.69, 9.17) is 9.47 Å². The monoisotopic (exact) mass is 390 g/mol. The first-order valence-electron chi connectivity index (χ1n) is 9.97. The Hall–Kier alpha value is -2.64. The van der Waals surface area contributed by atoms with Gasteiger partial charge in [0, 0.05) is 51.0 Å². The highest BCUT2D eigenvalue weighted by molar-refractivity contribution is 5.75. The Bertz CT molecular complexity index is 651. The van der Waals surface area contributed by atoms with Gasteiger partial charge in [0.2, 0.25) is 0 Å². The number of methoxy groups -OCH3 is 1. The van der Waals surface area contributed by atoms with Crippen molar-refractivity contribution in [1.82, 2.24) is 15.1 Å². The summed E-state index contributed by atoms with van der Waals surface area (Å²) in [5.41, 5.74) is 1.15. The molecule has 0 bridgehead atoms. The van der Waals surface area contributed by atoms with Crippen molar-refractivity contribution in [2.75, 3.05) is 57.9 Å². The molecule has 0 spiro atoms. The largest absolute Gasteiger partial charge is 0.497 e. The predicted octanol–water partition coefficient (Wildman–Crippen LogP) is 2.15. The molecule has 0 saturated carbocycles. The fraction of sp³-hybridized carbons (Fsp3) is 0.600. The van der Waals surface area contributed by atoms with Crippen LogP contribution in [0.4, 0.5) is 15.3 Å². The number of hydrogen-bond acceptors (Lipinski definition) is 5. The molecular formula is C20H30N4O4. The molecule has 0 aromatic heterocycles. The van der Waals surface area contributed by atoms with Crippen molar-refractivity contribution in [1.29, 1.82) is 0 Å². The maximum absolute atomic E-state index is 12.6. The number of likely N-dealkylation sites (tertiary alicyclic amines) is 1. The maximum Gasteiger partial charge on any atom is 0.409 e. The SMILES string of the molecule is CCOC(=O)N1CCC(NC(=O)N2CCN(c3ccc(OC)cc3)CC2)CC1. The van der Waals surface area contributed by atoms with Gasteiger partial charge in [0.1, 0.15) is 5.75 Å². The zero-order valence-corrected chi connectivity index (χ0v) is 16.7. The van der Waals surface area contributed by atoms with E-state index in [9.17, 15) is 9.59 Å². The summed E-state index contributed by atoms with van der Waals surface area (Å²) in [4.78, 5) is 30.2. The van der Waals surface area contributed by atoms with Crippen LogP contribution in [-0.2, 0) is 4.74 Å². The minimum absolute atomic E-state index is 0.0102. The molecule has 1 N–H and O–H groups in total. The molecule has 2 aliphatic heterocycles. The molecule has 3 rings (SSSR count). The highest BCUT2D eigenvalue weighted by Gasteiger charge is 2.27. The number of carbonyl (C=O) groups is 2. The number of urea groups is 1. The lowest BCUT2D eigenvalue weighted by Crippen LogP contribution is -2.55. The van der Waals surface area contributed by atoms with E-state index in [1.54, 1.807) is 18.9 Å². The average Bonchev–Trinajstić information content (AvgIpc) is 2.74. The topological polar surface area (TPSA) is 74.4 Å². The molecule has 0 unspecified atom stereocenters. The molecule has 1 aromatic carbocycles. The van der Waals surface area contributed by atoms with Gasteiger partial charge in [-0.05, 0) is 44.0 Å². The summed E-state index contributed by atoms with van der Waals surface area (Å²) in [6, 6.07) is 8.10. The smallest absolute Gasteiger partial charge is 0.409 e. The molecule has 8 nitrogen and oxygen atoms in total. The molecule has 3 amide bonds. The van der Waals surface area contributed by atoms with Gasteiger partial charge >= 0.3 is 12.1 Å². The Labute approximate surface area is 166 Å². The van der Waals surface area contributed by atoms with E-state index in [1.807, 2.05) is 29.2 Å². The third-order valence-electron chi connectivity index (χ3n) is 5.35. The molecule has 8 heteroatoms. The lowest BCUT2D eigenvalue weighted by Gasteiger charge is -2.38. The van der Waals surface area contributed by atoms with Gasteiger partial charge in [0.15, 0.2) is 0 Å². The van der Waals surface area contributed by atoms with Crippen LogP contribution < -0.4 is 15.0 Å². The predicted molar refractivity (Wildman–Crippen MR) is 107 cm³/mol. The van der Waals surface area contributed by atoms with E-state index >= 15 is 0 Å². The van der Waals surface area contributed by atoms with Crippen molar-refractivity contribution in [3.8, 4) is 5.75 Å². The number of carbonyl (C=O) groups excluding carboxylic acids is 2. The van der Waals surface area contributed by atoms with Gasteiger partial charge in [0.05, 0.1) is 13.7 Å². The van der Waals surface area contributed by atoms with Gasteiger partial charge in [-0.2, -0.15) is 0 Å². The van der Waals surface area contributed by atoms with Crippen molar-refractivity contribution in [3.05, 3.63) is 24.3 Å². The Morgan fingerprint density at radius 2 is 1.64 bits per heavy atom. The normalized spacial score (nSPS) is 18.0. The minimum Gasteiger partial charge on any atom is -0.497 e. The minimum atomic E-state index is -0.262. The summed E-state index contributed by atoms with van der Waals surface area (Å²) in [6.07, 6.45) is 1.26. The van der Waals surface area contributed by atoms with Gasteiger partial charge in [-0.3, -0.25) is 0 Å². The van der Waals surface area contributed by atoms with E-state index < -0.39 is 0 Å². The number of ether oxygens (including phenoxy) is 2. The van der Waals surface area contributed by atoms with E-state index in [0.29, 0.717) is 32.8 Å². The Morgan fingerprint density at radius 1 is 1.00 bits per heavy atom. The lowest BCUT2D eigenvalue weighted by molar-refractivity contribution is 0.0950. The Morgan fingerprint density at radius 3 is 2.21 bits per heavy atom. The van der Waals surface area contributed by atoms with Crippen LogP contribution in [0.25, 0.3) is 0 Å². The number of benzene rings is 1. The second kappa shape index (κ2) is 9.52. The number of rotatable bonds is 4. The fourth-order valence-corrected chi connectivity index (χ4v) is 3.65. The summed E-state index contributed by atoms with van der Waals surface area (Å²) >= 11 is 0. The van der Waals surface area contributed by atoms with E-state index in [2.05, 4.69) is 10.2 Å². The molecule has 2 heterocycles. The van der Waals surface area contributed by atoms with Gasteiger partial charge in [-0.1, -0.05) is 0 Å². The first kappa shape index (κ1) is 20.1. The lowest BCUT2D eigenvalue weighted by atomic mass is 10.1. The first-order chi connectivity index (χ1) is 13.6. The second-order valence-corrected chi connectivity index (χ2v) is 7.08. The summed E-state index contributed by atoms with van der Waals surface area (Å²) in [6.45, 7) is 6.43. The standard InChI is InChI=1S/C20H30N4O4/c1-3-28-20(26)24-10-8-16(9-11-24)21-19(25)23-14-12-22(13-15-23)17-4-6-18(27-2)7-5-17/h4-7,16H,3,8-15H2,1-2H3,(H,21,25). The van der Waals surface area contributed by atoms with Crippen molar-refractivity contribution in [2.45, 2.75) is 25.8 Å². The van der Waals surface area contributed by atoms with Crippen LogP contribution >= 0.6 is 0 Å². The maximum atomic E-state index is 12.6. The quantitative estimate of drug-likeness (QED) is 0.853. The Kier molecular flexibility index (Phi) is 6.84. The summed E-state index contributed by atoms with van der Waals surface area (Å²) in [7, 11) is 1.66. The van der Waals surface area contributed by atoms with Crippen LogP contribution in [0.2, 0.25) is 0 Å². The van der Waals surface area contributed by atoms with Crippen molar-refractivity contribution in [2.24, 2.45) is 0 Å². The molecule has 0 aliphatic carbocycles. The highest BCUT2D eigenvalue weighted by atomic mass is 16.6. The van der Waals surface area contributed by atoms with E-state index in [-0.39, 0.29) is 18.2 Å². The van der Waals surface area contributed by atoms with E-state index in [1.165, 1.54) is 0 Å². The number of piperidine rings is 1. The van der Waals surface area contributed by atoms with Crippen molar-refractivity contribution in [3.63, 3.8) is 0 Å². The van der Waals surface area contributed by atoms with Crippen molar-refractivity contribution >= 4 is 17.8 Å². The van der Waals surface area contributed by atoms with Gasteiger partial charge < -0.3 is 29.5 Å². The third-order valence-corrected chi connectivity index (χ3v) is 5.35. The molecule has 1 aromatic rings. The third kappa shape index (κ3) is 4.99. The summed E-state index contributed by atoms with van der Waals surface area (Å²) < 4.78 is 10.2. The zero-order valence-electron chi connectivity index (χ0n) is 16.7. The summed E-state index contributed by atoms with van der Waals surface area (Å²) in [5.74, 6) is 0.843.